The zero-order valence-electron chi connectivity index (χ0n) is 16.2. The molecule has 0 unspecified atom stereocenters. The molecule has 1 heterocycles. The Kier molecular flexibility index (Phi) is 6.37. The van der Waals surface area contributed by atoms with Crippen molar-refractivity contribution >= 4 is 23.3 Å². The summed E-state index contributed by atoms with van der Waals surface area (Å²) >= 11 is 0. The van der Waals surface area contributed by atoms with Crippen LogP contribution in [0.25, 0.3) is 0 Å². The average Bonchev–Trinajstić information content (AvgIpc) is 2.77. The third-order valence-corrected chi connectivity index (χ3v) is 4.82. The van der Waals surface area contributed by atoms with Gasteiger partial charge in [0.25, 0.3) is 0 Å². The quantitative estimate of drug-likeness (QED) is 0.772. The number of hydrogen-bond acceptors (Lipinski definition) is 6. The van der Waals surface area contributed by atoms with Crippen molar-refractivity contribution in [2.45, 2.75) is 0 Å². The second-order valence-electron chi connectivity index (χ2n) is 6.43. The Morgan fingerprint density at radius 1 is 0.964 bits per heavy atom. The molecule has 0 bridgehead atoms. The maximum atomic E-state index is 12.6. The molecule has 1 amide bonds. The number of hydrogen-bond donors (Lipinski definition) is 1. The standard InChI is InChI=1S/C21H25N3O4/c1-27-19-10-6-5-9-18(19)23-11-13-24(14-12-23)20(25)15-22-17-8-4-3-7-16(17)21(26)28-2/h3-10,22H,11-15H2,1-2H3. The number of amides is 1. The molecule has 0 spiro atoms. The van der Waals surface area contributed by atoms with Crippen molar-refractivity contribution in [3.05, 3.63) is 54.1 Å². The van der Waals surface area contributed by atoms with Gasteiger partial charge in [0.2, 0.25) is 5.91 Å². The van der Waals surface area contributed by atoms with Gasteiger partial charge in [-0.15, -0.1) is 0 Å². The second-order valence-corrected chi connectivity index (χ2v) is 6.43. The maximum absolute atomic E-state index is 12.6. The molecule has 1 N–H and O–H groups in total. The van der Waals surface area contributed by atoms with Crippen LogP contribution in [-0.4, -0.2) is 63.7 Å². The Hall–Kier alpha value is -3.22. The maximum Gasteiger partial charge on any atom is 0.339 e. The van der Waals surface area contributed by atoms with Crippen LogP contribution in [0.1, 0.15) is 10.4 Å². The number of nitrogens with zero attached hydrogens (tertiary/aromatic N) is 2. The van der Waals surface area contributed by atoms with E-state index in [1.54, 1.807) is 25.3 Å². The van der Waals surface area contributed by atoms with Gasteiger partial charge in [0.1, 0.15) is 5.75 Å². The number of nitrogens with one attached hydrogen (secondary N) is 1. The summed E-state index contributed by atoms with van der Waals surface area (Å²) in [5.41, 5.74) is 2.05. The Balaban J connectivity index is 1.56. The van der Waals surface area contributed by atoms with E-state index in [4.69, 9.17) is 9.47 Å². The summed E-state index contributed by atoms with van der Waals surface area (Å²) in [5.74, 6) is 0.406. The van der Waals surface area contributed by atoms with E-state index in [-0.39, 0.29) is 12.5 Å². The van der Waals surface area contributed by atoms with E-state index in [0.717, 1.165) is 24.5 Å². The minimum Gasteiger partial charge on any atom is -0.495 e. The molecule has 0 aliphatic carbocycles. The number of para-hydroxylation sites is 3. The summed E-state index contributed by atoms with van der Waals surface area (Å²) in [4.78, 5) is 28.5. The number of anilines is 2. The molecule has 1 saturated heterocycles. The van der Waals surface area contributed by atoms with Crippen molar-refractivity contribution in [3.8, 4) is 5.75 Å². The molecule has 1 fully saturated rings. The smallest absolute Gasteiger partial charge is 0.339 e. The lowest BCUT2D eigenvalue weighted by Gasteiger charge is -2.36. The second kappa shape index (κ2) is 9.12. The van der Waals surface area contributed by atoms with Crippen molar-refractivity contribution in [2.24, 2.45) is 0 Å². The summed E-state index contributed by atoms with van der Waals surface area (Å²) < 4.78 is 10.2. The molecule has 1 aliphatic heterocycles. The lowest BCUT2D eigenvalue weighted by molar-refractivity contribution is -0.129. The summed E-state index contributed by atoms with van der Waals surface area (Å²) in [7, 11) is 3.00. The summed E-state index contributed by atoms with van der Waals surface area (Å²) in [6.45, 7) is 2.88. The molecule has 2 aromatic rings. The normalized spacial score (nSPS) is 13.8. The number of carbonyl (C=O) groups excluding carboxylic acids is 2. The van der Waals surface area contributed by atoms with Gasteiger partial charge in [0.15, 0.2) is 0 Å². The molecule has 0 saturated carbocycles. The number of esters is 1. The fourth-order valence-electron chi connectivity index (χ4n) is 3.30. The minimum atomic E-state index is -0.430. The molecule has 0 aromatic heterocycles. The number of rotatable bonds is 6. The van der Waals surface area contributed by atoms with Gasteiger partial charge < -0.3 is 24.6 Å². The van der Waals surface area contributed by atoms with Crippen LogP contribution in [0.5, 0.6) is 5.75 Å². The van der Waals surface area contributed by atoms with Crippen LogP contribution in [0, 0.1) is 0 Å². The Morgan fingerprint density at radius 2 is 1.64 bits per heavy atom. The third kappa shape index (κ3) is 4.36. The van der Waals surface area contributed by atoms with Crippen molar-refractivity contribution in [2.75, 3.05) is 57.2 Å². The van der Waals surface area contributed by atoms with Crippen LogP contribution >= 0.6 is 0 Å². The first-order valence-electron chi connectivity index (χ1n) is 9.21. The van der Waals surface area contributed by atoms with Crippen LogP contribution in [0.2, 0.25) is 0 Å². The fraction of sp³-hybridized carbons (Fsp3) is 0.333. The predicted octanol–water partition coefficient (Wildman–Crippen LogP) is 2.24. The van der Waals surface area contributed by atoms with E-state index in [1.807, 2.05) is 35.2 Å². The highest BCUT2D eigenvalue weighted by molar-refractivity contribution is 5.96. The average molecular weight is 383 g/mol. The Bertz CT molecular complexity index is 832. The predicted molar refractivity (Wildman–Crippen MR) is 108 cm³/mol. The number of piperazine rings is 1. The van der Waals surface area contributed by atoms with Crippen LogP contribution in [0.3, 0.4) is 0 Å². The third-order valence-electron chi connectivity index (χ3n) is 4.82. The first-order chi connectivity index (χ1) is 13.6. The minimum absolute atomic E-state index is 0.000606. The molecule has 0 radical (unpaired) electrons. The summed E-state index contributed by atoms with van der Waals surface area (Å²) in [5, 5.41) is 3.06. The van der Waals surface area contributed by atoms with Crippen molar-refractivity contribution in [3.63, 3.8) is 0 Å². The molecular formula is C21H25N3O4. The first kappa shape index (κ1) is 19.5. The van der Waals surface area contributed by atoms with Gasteiger partial charge in [0, 0.05) is 31.9 Å². The van der Waals surface area contributed by atoms with Crippen LogP contribution < -0.4 is 15.0 Å². The molecule has 3 rings (SSSR count). The highest BCUT2D eigenvalue weighted by Crippen LogP contribution is 2.28. The van der Waals surface area contributed by atoms with E-state index in [0.29, 0.717) is 24.3 Å². The molecule has 7 nitrogen and oxygen atoms in total. The lowest BCUT2D eigenvalue weighted by Crippen LogP contribution is -2.50. The summed E-state index contributed by atoms with van der Waals surface area (Å²) in [6.07, 6.45) is 0. The zero-order chi connectivity index (χ0) is 19.9. The van der Waals surface area contributed by atoms with Gasteiger partial charge in [-0.3, -0.25) is 4.79 Å². The van der Waals surface area contributed by atoms with Gasteiger partial charge >= 0.3 is 5.97 Å². The Morgan fingerprint density at radius 3 is 2.36 bits per heavy atom. The largest absolute Gasteiger partial charge is 0.495 e. The van der Waals surface area contributed by atoms with E-state index in [2.05, 4.69) is 10.2 Å². The number of ether oxygens (including phenoxy) is 2. The zero-order valence-corrected chi connectivity index (χ0v) is 16.2. The van der Waals surface area contributed by atoms with Gasteiger partial charge in [-0.2, -0.15) is 0 Å². The molecule has 2 aromatic carbocycles. The van der Waals surface area contributed by atoms with Gasteiger partial charge in [-0.1, -0.05) is 24.3 Å². The van der Waals surface area contributed by atoms with E-state index in [9.17, 15) is 9.59 Å². The van der Waals surface area contributed by atoms with Crippen LogP contribution in [0.15, 0.2) is 48.5 Å². The lowest BCUT2D eigenvalue weighted by atomic mass is 10.2. The van der Waals surface area contributed by atoms with Crippen LogP contribution in [0.4, 0.5) is 11.4 Å². The van der Waals surface area contributed by atoms with Gasteiger partial charge in [-0.05, 0) is 24.3 Å². The SMILES string of the molecule is COC(=O)c1ccccc1NCC(=O)N1CCN(c2ccccc2OC)CC1. The molecule has 28 heavy (non-hydrogen) atoms. The molecule has 1 aliphatic rings. The molecular weight excluding hydrogens is 358 g/mol. The molecule has 148 valence electrons. The van der Waals surface area contributed by atoms with E-state index >= 15 is 0 Å². The summed E-state index contributed by atoms with van der Waals surface area (Å²) in [6, 6.07) is 14.9. The van der Waals surface area contributed by atoms with Gasteiger partial charge in [0.05, 0.1) is 32.0 Å². The number of methoxy groups -OCH3 is 2. The number of carbonyl (C=O) groups is 2. The number of benzene rings is 2. The van der Waals surface area contributed by atoms with Crippen LogP contribution in [-0.2, 0) is 9.53 Å². The fourth-order valence-corrected chi connectivity index (χ4v) is 3.30. The van der Waals surface area contributed by atoms with Crippen molar-refractivity contribution < 1.29 is 19.1 Å². The topological polar surface area (TPSA) is 71.1 Å². The van der Waals surface area contributed by atoms with Crippen molar-refractivity contribution in [1.29, 1.82) is 0 Å². The highest BCUT2D eigenvalue weighted by Gasteiger charge is 2.23. The van der Waals surface area contributed by atoms with Crippen molar-refractivity contribution in [1.82, 2.24) is 4.90 Å². The van der Waals surface area contributed by atoms with E-state index < -0.39 is 5.97 Å². The van der Waals surface area contributed by atoms with E-state index in [1.165, 1.54) is 7.11 Å². The molecule has 0 atom stereocenters. The monoisotopic (exact) mass is 383 g/mol. The molecule has 7 heteroatoms. The van der Waals surface area contributed by atoms with Gasteiger partial charge in [-0.25, -0.2) is 4.79 Å². The first-order valence-corrected chi connectivity index (χ1v) is 9.21. The Labute approximate surface area is 164 Å². The highest BCUT2D eigenvalue weighted by atomic mass is 16.5.